The van der Waals surface area contributed by atoms with Gasteiger partial charge in [-0.25, -0.2) is 0 Å². The van der Waals surface area contributed by atoms with Gasteiger partial charge in [-0.05, 0) is 23.6 Å². The lowest BCUT2D eigenvalue weighted by atomic mass is 9.86. The molecule has 2 unspecified atom stereocenters. The molecule has 2 atom stereocenters. The van der Waals surface area contributed by atoms with E-state index in [-0.39, 0.29) is 5.69 Å². The number of para-hydroxylation sites is 1. The van der Waals surface area contributed by atoms with Crippen LogP contribution in [0.25, 0.3) is 0 Å². The first-order valence-corrected chi connectivity index (χ1v) is 7.44. The van der Waals surface area contributed by atoms with Gasteiger partial charge in [-0.3, -0.25) is 4.79 Å². The fraction of sp³-hybridized carbons (Fsp3) is 0.278. The van der Waals surface area contributed by atoms with Crippen molar-refractivity contribution in [1.82, 2.24) is 0 Å². The van der Waals surface area contributed by atoms with E-state index in [4.69, 9.17) is 0 Å². The predicted octanol–water partition coefficient (Wildman–Crippen LogP) is 4.11. The topological polar surface area (TPSA) is 49.3 Å². The Morgan fingerprint density at radius 2 is 1.54 bits per heavy atom. The lowest BCUT2D eigenvalue weighted by molar-refractivity contribution is -0.252. The van der Waals surface area contributed by atoms with Crippen molar-refractivity contribution in [3.8, 4) is 0 Å². The number of alkyl halides is 3. The summed E-state index contributed by atoms with van der Waals surface area (Å²) in [7, 11) is 0. The van der Waals surface area contributed by atoms with E-state index < -0.39 is 30.0 Å². The van der Waals surface area contributed by atoms with Crippen molar-refractivity contribution in [3.63, 3.8) is 0 Å². The number of nitrogens with one attached hydrogen (secondary N) is 1. The monoisotopic (exact) mass is 337 g/mol. The molecule has 128 valence electrons. The summed E-state index contributed by atoms with van der Waals surface area (Å²) in [6.45, 7) is 1.54. The van der Waals surface area contributed by atoms with Crippen LogP contribution in [0.1, 0.15) is 24.8 Å². The van der Waals surface area contributed by atoms with E-state index in [1.165, 1.54) is 12.1 Å². The van der Waals surface area contributed by atoms with E-state index in [0.29, 0.717) is 5.56 Å². The average Bonchev–Trinajstić information content (AvgIpc) is 2.55. The smallest absolute Gasteiger partial charge is 0.373 e. The maximum atomic E-state index is 13.4. The molecule has 24 heavy (non-hydrogen) atoms. The highest BCUT2D eigenvalue weighted by molar-refractivity contribution is 5.97. The van der Waals surface area contributed by atoms with Crippen LogP contribution in [0.2, 0.25) is 0 Å². The molecule has 3 nitrogen and oxygen atoms in total. The second-order valence-corrected chi connectivity index (χ2v) is 5.69. The first-order chi connectivity index (χ1) is 11.2. The van der Waals surface area contributed by atoms with E-state index in [1.807, 2.05) is 0 Å². The van der Waals surface area contributed by atoms with E-state index in [2.05, 4.69) is 5.32 Å². The first kappa shape index (κ1) is 18.0. The molecule has 0 aliphatic rings. The number of rotatable bonds is 5. The molecule has 0 spiro atoms. The minimum Gasteiger partial charge on any atom is -0.373 e. The number of anilines is 1. The predicted molar refractivity (Wildman–Crippen MR) is 85.6 cm³/mol. The van der Waals surface area contributed by atoms with Gasteiger partial charge in [0.2, 0.25) is 5.60 Å². The van der Waals surface area contributed by atoms with Crippen LogP contribution in [0.15, 0.2) is 60.7 Å². The Morgan fingerprint density at radius 1 is 1.04 bits per heavy atom. The Labute approximate surface area is 138 Å². The van der Waals surface area contributed by atoms with Gasteiger partial charge in [0.1, 0.15) is 0 Å². The molecule has 2 N–H and O–H groups in total. The van der Waals surface area contributed by atoms with Gasteiger partial charge >= 0.3 is 6.18 Å². The molecule has 0 aliphatic heterocycles. The molecule has 0 aromatic heterocycles. The number of benzene rings is 2. The Kier molecular flexibility index (Phi) is 5.29. The van der Waals surface area contributed by atoms with Gasteiger partial charge in [0.15, 0.2) is 0 Å². The summed E-state index contributed by atoms with van der Waals surface area (Å²) in [6, 6.07) is 16.2. The van der Waals surface area contributed by atoms with Gasteiger partial charge in [-0.2, -0.15) is 13.2 Å². The zero-order chi connectivity index (χ0) is 17.8. The summed E-state index contributed by atoms with van der Waals surface area (Å²) in [5.74, 6) is -2.14. The Balaban J connectivity index is 2.24. The van der Waals surface area contributed by atoms with Gasteiger partial charge in [0.05, 0.1) is 0 Å². The number of carbonyl (C=O) groups is 1. The van der Waals surface area contributed by atoms with Crippen molar-refractivity contribution in [2.75, 3.05) is 5.32 Å². The van der Waals surface area contributed by atoms with Crippen LogP contribution in [0.4, 0.5) is 18.9 Å². The lowest BCUT2D eigenvalue weighted by Crippen LogP contribution is -2.55. The number of amides is 1. The molecular formula is C18H18F3NO2. The van der Waals surface area contributed by atoms with Crippen LogP contribution in [-0.4, -0.2) is 22.8 Å². The quantitative estimate of drug-likeness (QED) is 0.862. The minimum atomic E-state index is -5.09. The third-order valence-corrected chi connectivity index (χ3v) is 3.85. The summed E-state index contributed by atoms with van der Waals surface area (Å²) < 4.78 is 40.3. The van der Waals surface area contributed by atoms with Crippen molar-refractivity contribution in [1.29, 1.82) is 0 Å². The molecule has 0 saturated carbocycles. The van der Waals surface area contributed by atoms with Crippen LogP contribution in [0.5, 0.6) is 0 Å². The Bertz CT molecular complexity index is 674. The molecule has 0 radical (unpaired) electrons. The molecule has 0 saturated heterocycles. The van der Waals surface area contributed by atoms with Crippen molar-refractivity contribution in [2.45, 2.75) is 31.0 Å². The zero-order valence-corrected chi connectivity index (χ0v) is 13.0. The Hall–Kier alpha value is -2.34. The first-order valence-electron chi connectivity index (χ1n) is 7.44. The van der Waals surface area contributed by atoms with Crippen LogP contribution in [0, 0.1) is 0 Å². The number of hydrogen-bond acceptors (Lipinski definition) is 2. The van der Waals surface area contributed by atoms with Gasteiger partial charge in [-0.15, -0.1) is 0 Å². The molecule has 1 amide bonds. The largest absolute Gasteiger partial charge is 0.426 e. The third-order valence-electron chi connectivity index (χ3n) is 3.85. The van der Waals surface area contributed by atoms with Crippen LogP contribution in [-0.2, 0) is 4.79 Å². The SMILES string of the molecule is CC(CC(O)(C(=O)Nc1ccccc1)C(F)(F)F)c1ccccc1. The molecule has 0 fully saturated rings. The minimum absolute atomic E-state index is 0.192. The third kappa shape index (κ3) is 3.94. The van der Waals surface area contributed by atoms with E-state index in [9.17, 15) is 23.1 Å². The highest BCUT2D eigenvalue weighted by Gasteiger charge is 2.59. The van der Waals surface area contributed by atoms with Gasteiger partial charge in [-0.1, -0.05) is 55.5 Å². The molecule has 2 aromatic rings. The number of halogens is 3. The summed E-state index contributed by atoms with van der Waals surface area (Å²) in [6.07, 6.45) is -5.85. The number of carbonyl (C=O) groups excluding carboxylic acids is 1. The highest BCUT2D eigenvalue weighted by Crippen LogP contribution is 2.39. The summed E-state index contributed by atoms with van der Waals surface area (Å²) in [4.78, 5) is 12.2. The maximum absolute atomic E-state index is 13.4. The van der Waals surface area contributed by atoms with Crippen molar-refractivity contribution in [3.05, 3.63) is 66.2 Å². The zero-order valence-electron chi connectivity index (χ0n) is 13.0. The second-order valence-electron chi connectivity index (χ2n) is 5.69. The van der Waals surface area contributed by atoms with E-state index in [1.54, 1.807) is 55.5 Å². The number of aliphatic hydroxyl groups is 1. The Morgan fingerprint density at radius 3 is 2.04 bits per heavy atom. The highest BCUT2D eigenvalue weighted by atomic mass is 19.4. The maximum Gasteiger partial charge on any atom is 0.426 e. The summed E-state index contributed by atoms with van der Waals surface area (Å²) in [5, 5.41) is 12.3. The average molecular weight is 337 g/mol. The van der Waals surface area contributed by atoms with Crippen molar-refractivity contribution in [2.24, 2.45) is 0 Å². The standard InChI is InChI=1S/C18H18F3NO2/c1-13(14-8-4-2-5-9-14)12-17(24,18(19,20)21)16(23)22-15-10-6-3-7-11-15/h2-11,13,24H,12H2,1H3,(H,22,23). The molecule has 0 heterocycles. The summed E-state index contributed by atoms with van der Waals surface area (Å²) >= 11 is 0. The van der Waals surface area contributed by atoms with Gasteiger partial charge in [0, 0.05) is 12.1 Å². The fourth-order valence-corrected chi connectivity index (χ4v) is 2.44. The molecule has 6 heteroatoms. The molecule has 2 rings (SSSR count). The molecular weight excluding hydrogens is 319 g/mol. The normalized spacial score (nSPS) is 15.4. The van der Waals surface area contributed by atoms with Crippen molar-refractivity contribution >= 4 is 11.6 Å². The molecule has 2 aromatic carbocycles. The van der Waals surface area contributed by atoms with Crippen LogP contribution < -0.4 is 5.32 Å². The van der Waals surface area contributed by atoms with Crippen LogP contribution in [0.3, 0.4) is 0 Å². The van der Waals surface area contributed by atoms with Gasteiger partial charge in [0.25, 0.3) is 5.91 Å². The summed E-state index contributed by atoms with van der Waals surface area (Å²) in [5.41, 5.74) is -2.66. The molecule has 0 bridgehead atoms. The fourth-order valence-electron chi connectivity index (χ4n) is 2.44. The lowest BCUT2D eigenvalue weighted by Gasteiger charge is -2.31. The van der Waals surface area contributed by atoms with E-state index in [0.717, 1.165) is 0 Å². The van der Waals surface area contributed by atoms with Crippen LogP contribution >= 0.6 is 0 Å². The van der Waals surface area contributed by atoms with Crippen molar-refractivity contribution < 1.29 is 23.1 Å². The second kappa shape index (κ2) is 7.05. The van der Waals surface area contributed by atoms with E-state index >= 15 is 0 Å². The van der Waals surface area contributed by atoms with Gasteiger partial charge < -0.3 is 10.4 Å². The number of hydrogen-bond donors (Lipinski definition) is 2. The molecule has 0 aliphatic carbocycles.